The molecule has 3 nitrogen and oxygen atoms in total. The number of fused-ring (bicyclic) bond motifs is 1. The van der Waals surface area contributed by atoms with Gasteiger partial charge in [0.15, 0.2) is 0 Å². The summed E-state index contributed by atoms with van der Waals surface area (Å²) >= 11 is 1.85. The number of anilines is 1. The van der Waals surface area contributed by atoms with Crippen molar-refractivity contribution in [3.63, 3.8) is 0 Å². The Hall–Kier alpha value is -2.98. The molecule has 132 valence electrons. The van der Waals surface area contributed by atoms with Crippen LogP contribution in [0.1, 0.15) is 16.5 Å². The Bertz CT molecular complexity index is 1060. The highest BCUT2D eigenvalue weighted by Crippen LogP contribution is 2.48. The van der Waals surface area contributed by atoms with Gasteiger partial charge in [0.25, 0.3) is 0 Å². The normalized spacial score (nSPS) is 15.4. The second-order valence-electron chi connectivity index (χ2n) is 6.72. The van der Waals surface area contributed by atoms with Gasteiger partial charge < -0.3 is 5.32 Å². The van der Waals surface area contributed by atoms with Crippen LogP contribution in [-0.2, 0) is 0 Å². The minimum absolute atomic E-state index is 0.149. The van der Waals surface area contributed by atoms with E-state index in [1.807, 2.05) is 34.6 Å². The Kier molecular flexibility index (Phi) is 3.98. The predicted octanol–water partition coefficient (Wildman–Crippen LogP) is 6.06. The minimum Gasteiger partial charge on any atom is -0.368 e. The molecule has 0 fully saturated rings. The van der Waals surface area contributed by atoms with Gasteiger partial charge in [-0.05, 0) is 31.2 Å². The Labute approximate surface area is 163 Å². The van der Waals surface area contributed by atoms with Crippen molar-refractivity contribution in [2.24, 2.45) is 0 Å². The molecule has 3 aromatic carbocycles. The second-order valence-corrected chi connectivity index (χ2v) is 7.86. The zero-order valence-corrected chi connectivity index (χ0v) is 15.8. The van der Waals surface area contributed by atoms with Crippen molar-refractivity contribution in [3.8, 4) is 16.9 Å². The van der Waals surface area contributed by atoms with Gasteiger partial charge in [0.05, 0.1) is 11.4 Å². The quantitative estimate of drug-likeness (QED) is 0.476. The van der Waals surface area contributed by atoms with E-state index in [2.05, 4.69) is 79.1 Å². The maximum Gasteiger partial charge on any atom is 0.106 e. The van der Waals surface area contributed by atoms with E-state index in [1.54, 1.807) is 0 Å². The van der Waals surface area contributed by atoms with Gasteiger partial charge in [-0.2, -0.15) is 5.10 Å². The maximum atomic E-state index is 4.95. The summed E-state index contributed by atoms with van der Waals surface area (Å²) in [7, 11) is 0. The third kappa shape index (κ3) is 3.02. The van der Waals surface area contributed by atoms with Crippen molar-refractivity contribution in [3.05, 3.63) is 96.2 Å². The lowest BCUT2D eigenvalue weighted by molar-refractivity contribution is 0.883. The van der Waals surface area contributed by atoms with Crippen LogP contribution in [0.15, 0.2) is 90.0 Å². The first kappa shape index (κ1) is 16.2. The summed E-state index contributed by atoms with van der Waals surface area (Å²) in [6.45, 7) is 2.11. The van der Waals surface area contributed by atoms with Crippen LogP contribution in [0, 0.1) is 6.92 Å². The summed E-state index contributed by atoms with van der Waals surface area (Å²) in [5.74, 6) is 0. The van der Waals surface area contributed by atoms with Gasteiger partial charge in [-0.15, -0.1) is 0 Å². The van der Waals surface area contributed by atoms with Crippen LogP contribution in [-0.4, -0.2) is 9.78 Å². The first-order chi connectivity index (χ1) is 13.3. The Morgan fingerprint density at radius 1 is 0.889 bits per heavy atom. The molecule has 1 aromatic heterocycles. The predicted molar refractivity (Wildman–Crippen MR) is 112 cm³/mol. The van der Waals surface area contributed by atoms with Gasteiger partial charge in [-0.25, -0.2) is 4.68 Å². The SMILES string of the molecule is Cc1ccc(-c2nn(-c3ccccc3)cc2C2Nc3ccccc3S2)cc1. The molecular formula is C23H19N3S. The Morgan fingerprint density at radius 2 is 1.63 bits per heavy atom. The molecule has 1 N–H and O–H groups in total. The highest BCUT2D eigenvalue weighted by Gasteiger charge is 2.27. The van der Waals surface area contributed by atoms with Crippen molar-refractivity contribution in [1.29, 1.82) is 0 Å². The van der Waals surface area contributed by atoms with Crippen molar-refractivity contribution in [1.82, 2.24) is 9.78 Å². The lowest BCUT2D eigenvalue weighted by atomic mass is 10.1. The third-order valence-electron chi connectivity index (χ3n) is 4.79. The maximum absolute atomic E-state index is 4.95. The number of rotatable bonds is 3. The summed E-state index contributed by atoms with van der Waals surface area (Å²) in [5.41, 5.74) is 6.88. The van der Waals surface area contributed by atoms with Gasteiger partial charge in [-0.1, -0.05) is 71.9 Å². The van der Waals surface area contributed by atoms with Gasteiger partial charge in [0, 0.05) is 27.9 Å². The number of hydrogen-bond donors (Lipinski definition) is 1. The molecule has 1 unspecified atom stereocenters. The molecule has 0 bridgehead atoms. The van der Waals surface area contributed by atoms with E-state index < -0.39 is 0 Å². The molecule has 0 spiro atoms. The molecule has 1 aliphatic heterocycles. The third-order valence-corrected chi connectivity index (χ3v) is 6.01. The van der Waals surface area contributed by atoms with Gasteiger partial charge in [-0.3, -0.25) is 0 Å². The van der Waals surface area contributed by atoms with Crippen molar-refractivity contribution >= 4 is 17.4 Å². The number of aromatic nitrogens is 2. The smallest absolute Gasteiger partial charge is 0.106 e. The average Bonchev–Trinajstić information content (AvgIpc) is 3.33. The van der Waals surface area contributed by atoms with E-state index in [0.717, 1.165) is 16.9 Å². The van der Waals surface area contributed by atoms with E-state index in [9.17, 15) is 0 Å². The van der Waals surface area contributed by atoms with Crippen LogP contribution in [0.25, 0.3) is 16.9 Å². The molecule has 4 aromatic rings. The summed E-state index contributed by atoms with van der Waals surface area (Å²) < 4.78 is 1.98. The standard InChI is InChI=1S/C23H19N3S/c1-16-11-13-17(14-12-16)22-19(15-26(25-22)18-7-3-2-4-8-18)23-24-20-9-5-6-10-21(20)27-23/h2-15,23-24H,1H3. The Balaban J connectivity index is 1.61. The van der Waals surface area contributed by atoms with Crippen molar-refractivity contribution < 1.29 is 0 Å². The molecule has 5 rings (SSSR count). The number of nitrogens with one attached hydrogen (secondary N) is 1. The van der Waals surface area contributed by atoms with E-state index in [0.29, 0.717) is 0 Å². The van der Waals surface area contributed by atoms with Gasteiger partial charge in [0.2, 0.25) is 0 Å². The molecule has 27 heavy (non-hydrogen) atoms. The number of nitrogens with zero attached hydrogens (tertiary/aromatic N) is 2. The van der Waals surface area contributed by atoms with E-state index >= 15 is 0 Å². The van der Waals surface area contributed by atoms with Crippen LogP contribution in [0.3, 0.4) is 0 Å². The van der Waals surface area contributed by atoms with Crippen LogP contribution >= 0.6 is 11.8 Å². The highest BCUT2D eigenvalue weighted by atomic mass is 32.2. The van der Waals surface area contributed by atoms with Crippen LogP contribution in [0.4, 0.5) is 5.69 Å². The lowest BCUT2D eigenvalue weighted by Crippen LogP contribution is -2.01. The lowest BCUT2D eigenvalue weighted by Gasteiger charge is -2.10. The van der Waals surface area contributed by atoms with Crippen LogP contribution in [0.5, 0.6) is 0 Å². The first-order valence-electron chi connectivity index (χ1n) is 9.02. The zero-order chi connectivity index (χ0) is 18.2. The first-order valence-corrected chi connectivity index (χ1v) is 9.90. The second kappa shape index (κ2) is 6.63. The summed E-state index contributed by atoms with van der Waals surface area (Å²) in [4.78, 5) is 1.28. The van der Waals surface area contributed by atoms with E-state index in [1.165, 1.54) is 21.7 Å². The largest absolute Gasteiger partial charge is 0.368 e. The molecule has 0 radical (unpaired) electrons. The number of hydrogen-bond acceptors (Lipinski definition) is 3. The molecular weight excluding hydrogens is 350 g/mol. The average molecular weight is 369 g/mol. The summed E-state index contributed by atoms with van der Waals surface area (Å²) in [5, 5.41) is 8.75. The molecule has 0 aliphatic carbocycles. The van der Waals surface area contributed by atoms with Crippen molar-refractivity contribution in [2.45, 2.75) is 17.2 Å². The topological polar surface area (TPSA) is 29.9 Å². The Morgan fingerprint density at radius 3 is 2.41 bits per heavy atom. The molecule has 2 heterocycles. The zero-order valence-electron chi connectivity index (χ0n) is 15.0. The van der Waals surface area contributed by atoms with Gasteiger partial charge >= 0.3 is 0 Å². The molecule has 0 saturated carbocycles. The van der Waals surface area contributed by atoms with E-state index in [4.69, 9.17) is 5.10 Å². The summed E-state index contributed by atoms with van der Waals surface area (Å²) in [6.07, 6.45) is 2.15. The number of para-hydroxylation sites is 2. The number of benzene rings is 3. The monoisotopic (exact) mass is 369 g/mol. The number of thioether (sulfide) groups is 1. The fourth-order valence-electron chi connectivity index (χ4n) is 3.36. The molecule has 0 saturated heterocycles. The molecule has 4 heteroatoms. The van der Waals surface area contributed by atoms with E-state index in [-0.39, 0.29) is 5.37 Å². The molecule has 1 aliphatic rings. The molecule has 0 amide bonds. The van der Waals surface area contributed by atoms with Crippen molar-refractivity contribution in [2.75, 3.05) is 5.32 Å². The highest BCUT2D eigenvalue weighted by molar-refractivity contribution is 8.00. The van der Waals surface area contributed by atoms with Crippen LogP contribution in [0.2, 0.25) is 0 Å². The van der Waals surface area contributed by atoms with Crippen LogP contribution < -0.4 is 5.32 Å². The molecule has 1 atom stereocenters. The number of aryl methyl sites for hydroxylation is 1. The fraction of sp³-hybridized carbons (Fsp3) is 0.0870. The van der Waals surface area contributed by atoms with Gasteiger partial charge in [0.1, 0.15) is 5.37 Å². The minimum atomic E-state index is 0.149. The fourth-order valence-corrected chi connectivity index (χ4v) is 4.51. The summed E-state index contributed by atoms with van der Waals surface area (Å²) in [6, 6.07) is 27.3.